The summed E-state index contributed by atoms with van der Waals surface area (Å²) >= 11 is 0. The van der Waals surface area contributed by atoms with Crippen molar-refractivity contribution in [1.29, 1.82) is 0 Å². The highest BCUT2D eigenvalue weighted by Crippen LogP contribution is 2.40. The van der Waals surface area contributed by atoms with E-state index in [0.717, 1.165) is 29.5 Å². The predicted molar refractivity (Wildman–Crippen MR) is 101 cm³/mol. The van der Waals surface area contributed by atoms with Crippen LogP contribution < -0.4 is 0 Å². The molecule has 7 heteroatoms. The minimum Gasteiger partial charge on any atom is -0.425 e. The van der Waals surface area contributed by atoms with Crippen LogP contribution in [-0.4, -0.2) is 36.0 Å². The van der Waals surface area contributed by atoms with Gasteiger partial charge in [0, 0.05) is 24.9 Å². The molecule has 0 radical (unpaired) electrons. The average Bonchev–Trinajstić information content (AvgIpc) is 3.44. The van der Waals surface area contributed by atoms with E-state index >= 15 is 0 Å². The van der Waals surface area contributed by atoms with Gasteiger partial charge in [0.1, 0.15) is 0 Å². The van der Waals surface area contributed by atoms with Gasteiger partial charge < -0.3 is 4.42 Å². The molecule has 2 fully saturated rings. The second-order valence-electron chi connectivity index (χ2n) is 7.44. The van der Waals surface area contributed by atoms with Crippen molar-refractivity contribution in [3.8, 4) is 0 Å². The number of benzene rings is 2. The predicted octanol–water partition coefficient (Wildman–Crippen LogP) is 3.67. The highest BCUT2D eigenvalue weighted by molar-refractivity contribution is 7.89. The topological polar surface area (TPSA) is 76.3 Å². The molecule has 0 amide bonds. The molecule has 0 N–H and O–H groups in total. The van der Waals surface area contributed by atoms with Crippen LogP contribution in [0.1, 0.15) is 49.3 Å². The van der Waals surface area contributed by atoms with E-state index < -0.39 is 10.0 Å². The van der Waals surface area contributed by atoms with E-state index in [4.69, 9.17) is 4.42 Å². The lowest BCUT2D eigenvalue weighted by Crippen LogP contribution is -2.37. The Morgan fingerprint density at radius 2 is 1.48 bits per heavy atom. The van der Waals surface area contributed by atoms with Crippen molar-refractivity contribution >= 4 is 20.8 Å². The smallest absolute Gasteiger partial charge is 0.243 e. The second kappa shape index (κ2) is 6.42. The lowest BCUT2D eigenvalue weighted by atomic mass is 9.98. The molecule has 1 aliphatic carbocycles. The first kappa shape index (κ1) is 16.9. The molecule has 140 valence electrons. The van der Waals surface area contributed by atoms with Crippen molar-refractivity contribution in [2.75, 3.05) is 13.1 Å². The third-order valence-corrected chi connectivity index (χ3v) is 7.44. The van der Waals surface area contributed by atoms with Crippen LogP contribution in [0.2, 0.25) is 0 Å². The lowest BCUT2D eigenvalue weighted by molar-refractivity contribution is 0.286. The van der Waals surface area contributed by atoms with Crippen LogP contribution in [-0.2, 0) is 10.0 Å². The number of nitrogens with zero attached hydrogens (tertiary/aromatic N) is 3. The maximum atomic E-state index is 13.1. The molecule has 1 saturated carbocycles. The molecule has 5 rings (SSSR count). The number of piperidine rings is 1. The first-order chi connectivity index (χ1) is 13.1. The normalized spacial score (nSPS) is 19.6. The molecule has 3 aromatic rings. The van der Waals surface area contributed by atoms with Gasteiger partial charge in [-0.1, -0.05) is 30.3 Å². The monoisotopic (exact) mass is 383 g/mol. The maximum Gasteiger partial charge on any atom is 0.243 e. The molecule has 2 aromatic carbocycles. The summed E-state index contributed by atoms with van der Waals surface area (Å²) in [6.07, 6.45) is 3.67. The molecule has 0 bridgehead atoms. The van der Waals surface area contributed by atoms with Gasteiger partial charge in [-0.2, -0.15) is 4.31 Å². The van der Waals surface area contributed by atoms with E-state index in [1.807, 2.05) is 30.3 Å². The van der Waals surface area contributed by atoms with Gasteiger partial charge >= 0.3 is 0 Å². The third-order valence-electron chi connectivity index (χ3n) is 5.54. The van der Waals surface area contributed by atoms with E-state index in [1.54, 1.807) is 16.4 Å². The fraction of sp³-hybridized carbons (Fsp3) is 0.400. The molecular formula is C20H21N3O3S. The number of hydrogen-bond donors (Lipinski definition) is 0. The van der Waals surface area contributed by atoms with Gasteiger partial charge in [0.15, 0.2) is 0 Å². The highest BCUT2D eigenvalue weighted by atomic mass is 32.2. The van der Waals surface area contributed by atoms with Crippen LogP contribution in [0.15, 0.2) is 51.8 Å². The SMILES string of the molecule is O=S(=O)(c1ccc2ccccc2c1)N1CCC(c2nnc(C3CC3)o2)CC1. The number of rotatable bonds is 4. The summed E-state index contributed by atoms with van der Waals surface area (Å²) in [7, 11) is -3.49. The Balaban J connectivity index is 1.32. The van der Waals surface area contributed by atoms with Crippen molar-refractivity contribution in [1.82, 2.24) is 14.5 Å². The molecule has 0 spiro atoms. The van der Waals surface area contributed by atoms with Crippen molar-refractivity contribution < 1.29 is 12.8 Å². The first-order valence-electron chi connectivity index (χ1n) is 9.43. The van der Waals surface area contributed by atoms with Gasteiger partial charge in [0.2, 0.25) is 21.8 Å². The Hall–Kier alpha value is -2.25. The van der Waals surface area contributed by atoms with E-state index in [-0.39, 0.29) is 5.92 Å². The Bertz CT molecular complexity index is 1080. The first-order valence-corrected chi connectivity index (χ1v) is 10.9. The van der Waals surface area contributed by atoms with E-state index in [1.165, 1.54) is 0 Å². The van der Waals surface area contributed by atoms with E-state index in [9.17, 15) is 8.42 Å². The summed E-state index contributed by atoms with van der Waals surface area (Å²) in [5.74, 6) is 2.00. The zero-order valence-electron chi connectivity index (χ0n) is 14.9. The van der Waals surface area contributed by atoms with Crippen LogP contribution in [0, 0.1) is 0 Å². The van der Waals surface area contributed by atoms with Gasteiger partial charge in [-0.15, -0.1) is 10.2 Å². The number of sulfonamides is 1. The van der Waals surface area contributed by atoms with E-state index in [0.29, 0.717) is 42.6 Å². The Labute approximate surface area is 158 Å². The molecule has 2 heterocycles. The van der Waals surface area contributed by atoms with Crippen molar-refractivity contribution in [3.05, 3.63) is 54.2 Å². The van der Waals surface area contributed by atoms with Gasteiger partial charge in [0.25, 0.3) is 0 Å². The quantitative estimate of drug-likeness (QED) is 0.687. The number of hydrogen-bond acceptors (Lipinski definition) is 5. The molecule has 1 saturated heterocycles. The van der Waals surface area contributed by atoms with E-state index in [2.05, 4.69) is 10.2 Å². The molecule has 1 aliphatic heterocycles. The fourth-order valence-electron chi connectivity index (χ4n) is 3.73. The van der Waals surface area contributed by atoms with Gasteiger partial charge in [-0.25, -0.2) is 8.42 Å². The zero-order chi connectivity index (χ0) is 18.4. The summed E-state index contributed by atoms with van der Waals surface area (Å²) < 4.78 is 33.5. The number of fused-ring (bicyclic) bond motifs is 1. The van der Waals surface area contributed by atoms with Crippen molar-refractivity contribution in [2.24, 2.45) is 0 Å². The van der Waals surface area contributed by atoms with Crippen LogP contribution in [0.5, 0.6) is 0 Å². The van der Waals surface area contributed by atoms with Crippen molar-refractivity contribution in [3.63, 3.8) is 0 Å². The second-order valence-corrected chi connectivity index (χ2v) is 9.38. The molecule has 27 heavy (non-hydrogen) atoms. The van der Waals surface area contributed by atoms with Crippen LogP contribution in [0.4, 0.5) is 0 Å². The maximum absolute atomic E-state index is 13.1. The minimum absolute atomic E-state index is 0.146. The molecule has 2 aliphatic rings. The Kier molecular flexibility index (Phi) is 4.02. The zero-order valence-corrected chi connectivity index (χ0v) is 15.7. The van der Waals surface area contributed by atoms with Gasteiger partial charge in [0.05, 0.1) is 4.90 Å². The van der Waals surface area contributed by atoms with Crippen LogP contribution in [0.3, 0.4) is 0 Å². The Morgan fingerprint density at radius 3 is 2.15 bits per heavy atom. The summed E-state index contributed by atoms with van der Waals surface area (Å²) in [4.78, 5) is 0.355. The largest absolute Gasteiger partial charge is 0.425 e. The standard InChI is InChI=1S/C20H21N3O3S/c24-27(25,18-8-7-14-3-1-2-4-17(14)13-18)23-11-9-16(10-12-23)20-22-21-19(26-20)15-5-6-15/h1-4,7-8,13,15-16H,5-6,9-12H2. The molecular weight excluding hydrogens is 362 g/mol. The summed E-state index contributed by atoms with van der Waals surface area (Å²) in [5.41, 5.74) is 0. The molecule has 0 atom stereocenters. The van der Waals surface area contributed by atoms with Gasteiger partial charge in [-0.05, 0) is 48.6 Å². The Morgan fingerprint density at radius 1 is 0.852 bits per heavy atom. The third kappa shape index (κ3) is 3.15. The summed E-state index contributed by atoms with van der Waals surface area (Å²) in [5, 5.41) is 10.3. The van der Waals surface area contributed by atoms with Crippen LogP contribution >= 0.6 is 0 Å². The summed E-state index contributed by atoms with van der Waals surface area (Å²) in [6.45, 7) is 0.946. The number of aromatic nitrogens is 2. The van der Waals surface area contributed by atoms with Crippen molar-refractivity contribution in [2.45, 2.75) is 42.4 Å². The minimum atomic E-state index is -3.49. The van der Waals surface area contributed by atoms with Gasteiger partial charge in [-0.3, -0.25) is 0 Å². The fourth-order valence-corrected chi connectivity index (χ4v) is 5.23. The lowest BCUT2D eigenvalue weighted by Gasteiger charge is -2.29. The average molecular weight is 383 g/mol. The summed E-state index contributed by atoms with van der Waals surface area (Å²) in [6, 6.07) is 13.1. The molecule has 0 unspecified atom stereocenters. The van der Waals surface area contributed by atoms with Crippen LogP contribution in [0.25, 0.3) is 10.8 Å². The molecule has 6 nitrogen and oxygen atoms in total. The molecule has 1 aromatic heterocycles. The highest BCUT2D eigenvalue weighted by Gasteiger charge is 2.34.